The third-order valence-corrected chi connectivity index (χ3v) is 3.97. The van der Waals surface area contributed by atoms with Gasteiger partial charge in [-0.3, -0.25) is 24.7 Å². The molecule has 2 aliphatic rings. The number of hydrogen-bond acceptors (Lipinski definition) is 6. The van der Waals surface area contributed by atoms with Crippen LogP contribution in [-0.2, 0) is 4.79 Å². The zero-order valence-electron chi connectivity index (χ0n) is 11.9. The zero-order chi connectivity index (χ0) is 14.7. The van der Waals surface area contributed by atoms with Gasteiger partial charge in [-0.25, -0.2) is 0 Å². The van der Waals surface area contributed by atoms with Gasteiger partial charge < -0.3 is 9.73 Å². The Hall–Kier alpha value is -1.70. The van der Waals surface area contributed by atoms with Crippen molar-refractivity contribution in [1.82, 2.24) is 20.4 Å². The first-order valence-corrected chi connectivity index (χ1v) is 7.27. The highest BCUT2D eigenvalue weighted by Crippen LogP contribution is 2.14. The predicted molar refractivity (Wildman–Crippen MR) is 75.9 cm³/mol. The molecule has 114 valence electrons. The highest BCUT2D eigenvalue weighted by Gasteiger charge is 2.33. The van der Waals surface area contributed by atoms with Crippen LogP contribution in [0.25, 0.3) is 0 Å². The van der Waals surface area contributed by atoms with Gasteiger partial charge in [-0.1, -0.05) is 0 Å². The molecule has 2 fully saturated rings. The molecule has 0 atom stereocenters. The summed E-state index contributed by atoms with van der Waals surface area (Å²) in [5.74, 6) is -0.606. The topological polar surface area (TPSA) is 77.8 Å². The molecule has 0 unspecified atom stereocenters. The summed E-state index contributed by atoms with van der Waals surface area (Å²) in [6.07, 6.45) is 1.41. The van der Waals surface area contributed by atoms with Crippen LogP contribution in [0.2, 0.25) is 0 Å². The number of carbonyl (C=O) groups excluding carboxylic acids is 2. The fourth-order valence-corrected chi connectivity index (χ4v) is 2.79. The van der Waals surface area contributed by atoms with Crippen molar-refractivity contribution < 1.29 is 14.0 Å². The van der Waals surface area contributed by atoms with Gasteiger partial charge >= 0.3 is 0 Å². The number of nitrogens with zero attached hydrogens (tertiary/aromatic N) is 2. The van der Waals surface area contributed by atoms with Crippen LogP contribution < -0.4 is 10.6 Å². The lowest BCUT2D eigenvalue weighted by Crippen LogP contribution is -2.63. The molecule has 3 heterocycles. The van der Waals surface area contributed by atoms with Gasteiger partial charge in [0.1, 0.15) is 0 Å². The molecule has 1 aromatic rings. The van der Waals surface area contributed by atoms with E-state index in [4.69, 9.17) is 4.42 Å². The summed E-state index contributed by atoms with van der Waals surface area (Å²) in [5.41, 5.74) is 0. The van der Waals surface area contributed by atoms with E-state index in [1.807, 2.05) is 0 Å². The number of hydrogen-bond donors (Lipinski definition) is 2. The number of rotatable bonds is 4. The second-order valence-electron chi connectivity index (χ2n) is 5.49. The molecule has 0 aromatic carbocycles. The van der Waals surface area contributed by atoms with E-state index in [2.05, 4.69) is 20.4 Å². The molecule has 1 aromatic heterocycles. The Morgan fingerprint density at radius 1 is 1.33 bits per heavy atom. The number of likely N-dealkylation sites (tertiary alicyclic amines) is 1. The number of nitrogens with one attached hydrogen (secondary N) is 2. The molecule has 2 aliphatic heterocycles. The number of furan rings is 1. The molecular formula is C14H20N4O3. The highest BCUT2D eigenvalue weighted by molar-refractivity contribution is 6.03. The maximum absolute atomic E-state index is 11.8. The van der Waals surface area contributed by atoms with Crippen LogP contribution in [0, 0.1) is 0 Å². The van der Waals surface area contributed by atoms with Crippen LogP contribution >= 0.6 is 0 Å². The molecule has 2 N–H and O–H groups in total. The standard InChI is InChI=1S/C14H20N4O3/c19-13(16-14(20)12-2-1-7-21-12)10-17-8-11(9-17)18-5-3-15-4-6-18/h1-2,7,11,15H,3-6,8-10H2,(H,16,19,20). The molecule has 0 spiro atoms. The fraction of sp³-hybridized carbons (Fsp3) is 0.571. The molecule has 2 amide bonds. The third kappa shape index (κ3) is 3.49. The maximum Gasteiger partial charge on any atom is 0.293 e. The molecule has 7 heteroatoms. The maximum atomic E-state index is 11.8. The molecular weight excluding hydrogens is 272 g/mol. The van der Waals surface area contributed by atoms with Crippen molar-refractivity contribution >= 4 is 11.8 Å². The first-order valence-electron chi connectivity index (χ1n) is 7.27. The molecule has 21 heavy (non-hydrogen) atoms. The van der Waals surface area contributed by atoms with Crippen LogP contribution in [-0.4, -0.2) is 73.5 Å². The second-order valence-corrected chi connectivity index (χ2v) is 5.49. The van der Waals surface area contributed by atoms with Crippen LogP contribution in [0.4, 0.5) is 0 Å². The summed E-state index contributed by atoms with van der Waals surface area (Å²) in [6, 6.07) is 3.69. The Bertz CT molecular complexity index is 490. The van der Waals surface area contributed by atoms with Crippen molar-refractivity contribution in [3.05, 3.63) is 24.2 Å². The van der Waals surface area contributed by atoms with E-state index in [9.17, 15) is 9.59 Å². The van der Waals surface area contributed by atoms with E-state index in [0.29, 0.717) is 6.04 Å². The number of amides is 2. The SMILES string of the molecule is O=C(CN1CC(N2CCNCC2)C1)NC(=O)c1ccco1. The van der Waals surface area contributed by atoms with Gasteiger partial charge in [0.15, 0.2) is 5.76 Å². The molecule has 0 radical (unpaired) electrons. The minimum absolute atomic E-state index is 0.158. The fourth-order valence-electron chi connectivity index (χ4n) is 2.79. The van der Waals surface area contributed by atoms with Crippen LogP contribution in [0.3, 0.4) is 0 Å². The van der Waals surface area contributed by atoms with E-state index in [-0.39, 0.29) is 18.2 Å². The first kappa shape index (κ1) is 14.2. The monoisotopic (exact) mass is 292 g/mol. The minimum atomic E-state index is -0.482. The van der Waals surface area contributed by atoms with Gasteiger partial charge in [-0.2, -0.15) is 0 Å². The van der Waals surface area contributed by atoms with Gasteiger partial charge in [0, 0.05) is 45.3 Å². The Labute approximate surface area is 123 Å². The van der Waals surface area contributed by atoms with Gasteiger partial charge in [0.25, 0.3) is 5.91 Å². The van der Waals surface area contributed by atoms with Crippen molar-refractivity contribution in [2.75, 3.05) is 45.8 Å². The van der Waals surface area contributed by atoms with E-state index < -0.39 is 5.91 Å². The zero-order valence-corrected chi connectivity index (χ0v) is 11.9. The average molecular weight is 292 g/mol. The predicted octanol–water partition coefficient (Wildman–Crippen LogP) is -0.875. The van der Waals surface area contributed by atoms with Gasteiger partial charge in [0.2, 0.25) is 5.91 Å². The van der Waals surface area contributed by atoms with Crippen molar-refractivity contribution in [2.24, 2.45) is 0 Å². The van der Waals surface area contributed by atoms with E-state index >= 15 is 0 Å². The molecule has 0 saturated carbocycles. The van der Waals surface area contributed by atoms with Crippen molar-refractivity contribution in [1.29, 1.82) is 0 Å². The van der Waals surface area contributed by atoms with Crippen LogP contribution in [0.5, 0.6) is 0 Å². The molecule has 7 nitrogen and oxygen atoms in total. The Kier molecular flexibility index (Phi) is 4.33. The lowest BCUT2D eigenvalue weighted by molar-refractivity contribution is -0.123. The summed E-state index contributed by atoms with van der Waals surface area (Å²) in [7, 11) is 0. The van der Waals surface area contributed by atoms with Gasteiger partial charge in [-0.05, 0) is 12.1 Å². The summed E-state index contributed by atoms with van der Waals surface area (Å²) >= 11 is 0. The van der Waals surface area contributed by atoms with E-state index in [0.717, 1.165) is 39.3 Å². The highest BCUT2D eigenvalue weighted by atomic mass is 16.3. The lowest BCUT2D eigenvalue weighted by atomic mass is 10.1. The van der Waals surface area contributed by atoms with E-state index in [1.165, 1.54) is 12.3 Å². The molecule has 0 bridgehead atoms. The van der Waals surface area contributed by atoms with Crippen molar-refractivity contribution in [2.45, 2.75) is 6.04 Å². The van der Waals surface area contributed by atoms with E-state index in [1.54, 1.807) is 6.07 Å². The summed E-state index contributed by atoms with van der Waals surface area (Å²) < 4.78 is 4.95. The Morgan fingerprint density at radius 3 is 2.76 bits per heavy atom. The largest absolute Gasteiger partial charge is 0.459 e. The minimum Gasteiger partial charge on any atom is -0.459 e. The van der Waals surface area contributed by atoms with Crippen molar-refractivity contribution in [3.8, 4) is 0 Å². The summed E-state index contributed by atoms with van der Waals surface area (Å²) in [6.45, 7) is 6.26. The number of imide groups is 1. The summed E-state index contributed by atoms with van der Waals surface area (Å²) in [4.78, 5) is 28.0. The molecule has 2 saturated heterocycles. The smallest absolute Gasteiger partial charge is 0.293 e. The quantitative estimate of drug-likeness (QED) is 0.751. The lowest BCUT2D eigenvalue weighted by Gasteiger charge is -2.46. The number of piperazine rings is 1. The third-order valence-electron chi connectivity index (χ3n) is 3.97. The second kappa shape index (κ2) is 6.38. The van der Waals surface area contributed by atoms with Crippen molar-refractivity contribution in [3.63, 3.8) is 0 Å². The Morgan fingerprint density at radius 2 is 2.10 bits per heavy atom. The summed E-state index contributed by atoms with van der Waals surface area (Å²) in [5, 5.41) is 5.67. The normalized spacial score (nSPS) is 21.0. The molecule has 0 aliphatic carbocycles. The average Bonchev–Trinajstić information content (AvgIpc) is 2.97. The van der Waals surface area contributed by atoms with Crippen LogP contribution in [0.15, 0.2) is 22.8 Å². The van der Waals surface area contributed by atoms with Crippen LogP contribution in [0.1, 0.15) is 10.6 Å². The molecule has 3 rings (SSSR count). The van der Waals surface area contributed by atoms with Gasteiger partial charge in [0.05, 0.1) is 12.8 Å². The Balaban J connectivity index is 1.38. The number of carbonyl (C=O) groups is 2. The van der Waals surface area contributed by atoms with Gasteiger partial charge in [-0.15, -0.1) is 0 Å². The first-order chi connectivity index (χ1) is 10.2.